The molecule has 16 heavy (non-hydrogen) atoms. The average Bonchev–Trinajstić information content (AvgIpc) is 2.70. The molecule has 1 heterocycles. The van der Waals surface area contributed by atoms with Crippen molar-refractivity contribution >= 4 is 5.97 Å². The number of carbonyl (C=O) groups excluding carboxylic acids is 1. The van der Waals surface area contributed by atoms with Crippen LogP contribution in [0, 0.1) is 0 Å². The molecular weight excluding hydrogens is 206 g/mol. The van der Waals surface area contributed by atoms with Crippen molar-refractivity contribution in [1.29, 1.82) is 0 Å². The number of rotatable bonds is 3. The van der Waals surface area contributed by atoms with E-state index in [9.17, 15) is 4.79 Å². The Balaban J connectivity index is 1.76. The number of nitrogens with two attached hydrogens (primary N) is 1. The van der Waals surface area contributed by atoms with Gasteiger partial charge in [0, 0.05) is 12.0 Å². The van der Waals surface area contributed by atoms with Crippen molar-refractivity contribution < 1.29 is 14.3 Å². The fourth-order valence-corrected chi connectivity index (χ4v) is 2.55. The van der Waals surface area contributed by atoms with Crippen molar-refractivity contribution in [3.8, 4) is 0 Å². The molecular formula is C12H21NO3. The number of ether oxygens (including phenoxy) is 2. The van der Waals surface area contributed by atoms with Crippen molar-refractivity contribution in [1.82, 2.24) is 0 Å². The Kier molecular flexibility index (Phi) is 3.82. The Labute approximate surface area is 96.5 Å². The van der Waals surface area contributed by atoms with Crippen LogP contribution in [-0.2, 0) is 14.3 Å². The van der Waals surface area contributed by atoms with Crippen molar-refractivity contribution in [2.24, 2.45) is 5.73 Å². The largest absolute Gasteiger partial charge is 0.460 e. The molecule has 1 unspecified atom stereocenters. The zero-order valence-corrected chi connectivity index (χ0v) is 9.74. The van der Waals surface area contributed by atoms with Crippen LogP contribution >= 0.6 is 0 Å². The van der Waals surface area contributed by atoms with Crippen molar-refractivity contribution in [2.75, 3.05) is 13.2 Å². The van der Waals surface area contributed by atoms with Gasteiger partial charge in [-0.25, -0.2) is 0 Å². The fraction of sp³-hybridized carbons (Fsp3) is 0.917. The smallest absolute Gasteiger partial charge is 0.308 e. The standard InChI is InChI=1S/C12H21NO3/c13-12(5-2-1-3-6-12)8-11(14)16-10-4-7-15-9-10/h10H,1-9,13H2. The second-order valence-corrected chi connectivity index (χ2v) is 5.08. The second kappa shape index (κ2) is 5.15. The molecule has 0 spiro atoms. The Morgan fingerprint density at radius 3 is 2.75 bits per heavy atom. The summed E-state index contributed by atoms with van der Waals surface area (Å²) in [7, 11) is 0. The summed E-state index contributed by atoms with van der Waals surface area (Å²) in [6, 6.07) is 0. The van der Waals surface area contributed by atoms with E-state index >= 15 is 0 Å². The number of carbonyl (C=O) groups is 1. The number of esters is 1. The molecule has 0 amide bonds. The molecule has 2 aliphatic rings. The highest BCUT2D eigenvalue weighted by Crippen LogP contribution is 2.29. The van der Waals surface area contributed by atoms with Crippen LogP contribution in [0.25, 0.3) is 0 Å². The first kappa shape index (κ1) is 11.9. The lowest BCUT2D eigenvalue weighted by molar-refractivity contribution is -0.150. The maximum Gasteiger partial charge on any atom is 0.308 e. The van der Waals surface area contributed by atoms with E-state index in [0.29, 0.717) is 19.6 Å². The maximum atomic E-state index is 11.7. The summed E-state index contributed by atoms with van der Waals surface area (Å²) in [6.07, 6.45) is 6.55. The highest BCUT2D eigenvalue weighted by atomic mass is 16.6. The minimum atomic E-state index is -0.311. The third-order valence-electron chi connectivity index (χ3n) is 3.53. The Morgan fingerprint density at radius 1 is 1.38 bits per heavy atom. The van der Waals surface area contributed by atoms with E-state index < -0.39 is 0 Å². The van der Waals surface area contributed by atoms with Crippen molar-refractivity contribution in [3.63, 3.8) is 0 Å². The monoisotopic (exact) mass is 227 g/mol. The Morgan fingerprint density at radius 2 is 2.12 bits per heavy atom. The fourth-order valence-electron chi connectivity index (χ4n) is 2.55. The molecule has 0 bridgehead atoms. The van der Waals surface area contributed by atoms with Gasteiger partial charge in [0.25, 0.3) is 0 Å². The molecule has 0 aromatic carbocycles. The summed E-state index contributed by atoms with van der Waals surface area (Å²) < 4.78 is 10.5. The van der Waals surface area contributed by atoms with Gasteiger partial charge in [-0.3, -0.25) is 4.79 Å². The molecule has 1 atom stereocenters. The first-order valence-electron chi connectivity index (χ1n) is 6.24. The molecule has 1 aliphatic carbocycles. The van der Waals surface area contributed by atoms with Gasteiger partial charge in [0.05, 0.1) is 19.6 Å². The van der Waals surface area contributed by atoms with E-state index in [1.54, 1.807) is 0 Å². The quantitative estimate of drug-likeness (QED) is 0.740. The van der Waals surface area contributed by atoms with Crippen LogP contribution in [0.5, 0.6) is 0 Å². The van der Waals surface area contributed by atoms with E-state index in [4.69, 9.17) is 15.2 Å². The predicted octanol–water partition coefficient (Wildman–Crippen LogP) is 1.37. The van der Waals surface area contributed by atoms with Crippen LogP contribution < -0.4 is 5.73 Å². The van der Waals surface area contributed by atoms with Gasteiger partial charge >= 0.3 is 5.97 Å². The van der Waals surface area contributed by atoms with E-state index in [0.717, 1.165) is 32.1 Å². The molecule has 4 nitrogen and oxygen atoms in total. The van der Waals surface area contributed by atoms with E-state index in [-0.39, 0.29) is 17.6 Å². The molecule has 0 aromatic rings. The zero-order chi connectivity index (χ0) is 11.4. The zero-order valence-electron chi connectivity index (χ0n) is 9.74. The first-order chi connectivity index (χ1) is 7.68. The third-order valence-corrected chi connectivity index (χ3v) is 3.53. The van der Waals surface area contributed by atoms with Crippen LogP contribution in [0.2, 0.25) is 0 Å². The third kappa shape index (κ3) is 3.19. The Hall–Kier alpha value is -0.610. The summed E-state index contributed by atoms with van der Waals surface area (Å²) >= 11 is 0. The van der Waals surface area contributed by atoms with Crippen molar-refractivity contribution in [3.05, 3.63) is 0 Å². The van der Waals surface area contributed by atoms with Gasteiger partial charge in [0.15, 0.2) is 0 Å². The van der Waals surface area contributed by atoms with Crippen LogP contribution in [0.3, 0.4) is 0 Å². The molecule has 0 aromatic heterocycles. The Bertz CT molecular complexity index is 243. The summed E-state index contributed by atoms with van der Waals surface area (Å²) in [6.45, 7) is 1.25. The van der Waals surface area contributed by atoms with Crippen LogP contribution in [0.1, 0.15) is 44.9 Å². The van der Waals surface area contributed by atoms with Gasteiger partial charge in [-0.15, -0.1) is 0 Å². The van der Waals surface area contributed by atoms with E-state index in [2.05, 4.69) is 0 Å². The molecule has 2 fully saturated rings. The van der Waals surface area contributed by atoms with E-state index in [1.807, 2.05) is 0 Å². The number of hydrogen-bond donors (Lipinski definition) is 1. The SMILES string of the molecule is NC1(CC(=O)OC2CCOC2)CCCCC1. The lowest BCUT2D eigenvalue weighted by Crippen LogP contribution is -2.44. The molecule has 1 saturated carbocycles. The molecule has 4 heteroatoms. The van der Waals surface area contributed by atoms with Gasteiger partial charge in [-0.1, -0.05) is 19.3 Å². The highest BCUT2D eigenvalue weighted by Gasteiger charge is 2.32. The first-order valence-corrected chi connectivity index (χ1v) is 6.24. The second-order valence-electron chi connectivity index (χ2n) is 5.08. The maximum absolute atomic E-state index is 11.7. The molecule has 92 valence electrons. The molecule has 2 rings (SSSR count). The lowest BCUT2D eigenvalue weighted by atomic mass is 9.80. The van der Waals surface area contributed by atoms with Gasteiger partial charge in [-0.05, 0) is 12.8 Å². The summed E-state index contributed by atoms with van der Waals surface area (Å²) in [5.41, 5.74) is 5.89. The molecule has 1 saturated heterocycles. The number of hydrogen-bond acceptors (Lipinski definition) is 4. The highest BCUT2D eigenvalue weighted by molar-refractivity contribution is 5.71. The normalized spacial score (nSPS) is 28.9. The summed E-state index contributed by atoms with van der Waals surface area (Å²) in [5.74, 6) is -0.153. The summed E-state index contributed by atoms with van der Waals surface area (Å²) in [5, 5.41) is 0. The van der Waals surface area contributed by atoms with E-state index in [1.165, 1.54) is 6.42 Å². The van der Waals surface area contributed by atoms with Crippen molar-refractivity contribution in [2.45, 2.75) is 56.6 Å². The molecule has 0 radical (unpaired) electrons. The van der Waals surface area contributed by atoms with Gasteiger partial charge in [0.1, 0.15) is 6.10 Å². The molecule has 2 N–H and O–H groups in total. The average molecular weight is 227 g/mol. The van der Waals surface area contributed by atoms with Gasteiger partial charge < -0.3 is 15.2 Å². The summed E-state index contributed by atoms with van der Waals surface area (Å²) in [4.78, 5) is 11.7. The molecule has 1 aliphatic heterocycles. The topological polar surface area (TPSA) is 61.6 Å². The van der Waals surface area contributed by atoms with Crippen LogP contribution in [0.4, 0.5) is 0 Å². The van der Waals surface area contributed by atoms with Gasteiger partial charge in [0.2, 0.25) is 0 Å². The van der Waals surface area contributed by atoms with Gasteiger partial charge in [-0.2, -0.15) is 0 Å². The minimum Gasteiger partial charge on any atom is -0.460 e. The van der Waals surface area contributed by atoms with Crippen LogP contribution in [0.15, 0.2) is 0 Å². The predicted molar refractivity (Wildman–Crippen MR) is 59.9 cm³/mol. The minimum absolute atomic E-state index is 0.0420. The lowest BCUT2D eigenvalue weighted by Gasteiger charge is -2.32. The van der Waals surface area contributed by atoms with Crippen LogP contribution in [-0.4, -0.2) is 30.8 Å².